The minimum absolute atomic E-state index is 0.0913. The van der Waals surface area contributed by atoms with Crippen molar-refractivity contribution in [2.75, 3.05) is 26.3 Å². The average molecular weight is 412 g/mol. The lowest BCUT2D eigenvalue weighted by Gasteiger charge is -2.36. The fourth-order valence-electron chi connectivity index (χ4n) is 4.64. The van der Waals surface area contributed by atoms with E-state index in [0.29, 0.717) is 44.2 Å². The molecule has 2 fully saturated rings. The van der Waals surface area contributed by atoms with Gasteiger partial charge in [0.1, 0.15) is 17.0 Å². The number of aromatic nitrogens is 1. The molecule has 0 unspecified atom stereocenters. The molecule has 1 aromatic heterocycles. The van der Waals surface area contributed by atoms with E-state index in [1.54, 1.807) is 4.90 Å². The molecule has 2 aliphatic heterocycles. The zero-order valence-corrected chi connectivity index (χ0v) is 17.4. The Balaban J connectivity index is 1.53. The molecule has 0 saturated carbocycles. The minimum atomic E-state index is -0.936. The van der Waals surface area contributed by atoms with Gasteiger partial charge in [-0.1, -0.05) is 35.5 Å². The largest absolute Gasteiger partial charge is 0.381 e. The molecule has 30 heavy (non-hydrogen) atoms. The van der Waals surface area contributed by atoms with E-state index in [0.717, 1.165) is 37.1 Å². The SMILES string of the molecule is CC(=O)N1CCC[C@@]1(Cc1cc(-c2ccccc2)no1)C(=O)NC[C@@H]1CCCOC1. The van der Waals surface area contributed by atoms with Gasteiger partial charge in [0, 0.05) is 44.7 Å². The smallest absolute Gasteiger partial charge is 0.246 e. The Hall–Kier alpha value is -2.67. The van der Waals surface area contributed by atoms with E-state index < -0.39 is 5.54 Å². The van der Waals surface area contributed by atoms with Crippen molar-refractivity contribution in [3.8, 4) is 11.3 Å². The topological polar surface area (TPSA) is 84.7 Å². The normalized spacial score (nSPS) is 24.0. The van der Waals surface area contributed by atoms with E-state index in [1.165, 1.54) is 6.92 Å². The van der Waals surface area contributed by atoms with Crippen molar-refractivity contribution < 1.29 is 18.8 Å². The van der Waals surface area contributed by atoms with E-state index in [4.69, 9.17) is 9.26 Å². The summed E-state index contributed by atoms with van der Waals surface area (Å²) in [5, 5.41) is 7.29. The molecule has 1 N–H and O–H groups in total. The Bertz CT molecular complexity index is 876. The summed E-state index contributed by atoms with van der Waals surface area (Å²) in [6.07, 6.45) is 3.79. The lowest BCUT2D eigenvalue weighted by Crippen LogP contribution is -2.59. The monoisotopic (exact) mass is 411 g/mol. The zero-order chi connectivity index (χ0) is 21.0. The number of ether oxygens (including phenoxy) is 1. The van der Waals surface area contributed by atoms with Crippen molar-refractivity contribution in [1.29, 1.82) is 0 Å². The molecule has 0 bridgehead atoms. The first-order chi connectivity index (χ1) is 14.6. The van der Waals surface area contributed by atoms with Crippen LogP contribution in [0.2, 0.25) is 0 Å². The Labute approximate surface area is 176 Å². The number of nitrogens with one attached hydrogen (secondary N) is 1. The third-order valence-electron chi connectivity index (χ3n) is 6.19. The molecule has 0 radical (unpaired) electrons. The van der Waals surface area contributed by atoms with Crippen molar-refractivity contribution in [1.82, 2.24) is 15.4 Å². The number of amides is 2. The minimum Gasteiger partial charge on any atom is -0.381 e. The molecule has 7 nitrogen and oxygen atoms in total. The molecule has 160 valence electrons. The standard InChI is InChI=1S/C23H29N3O4/c1-17(27)26-11-6-10-23(26,22(28)24-15-18-7-5-12-29-16-18)14-20-13-21(25-30-20)19-8-3-2-4-9-19/h2-4,8-9,13,18H,5-7,10-12,14-16H2,1H3,(H,24,28)/t18-,23+/m0/s1. The summed E-state index contributed by atoms with van der Waals surface area (Å²) in [4.78, 5) is 27.5. The molecule has 2 saturated heterocycles. The van der Waals surface area contributed by atoms with Crippen LogP contribution in [-0.2, 0) is 20.7 Å². The van der Waals surface area contributed by atoms with Crippen LogP contribution in [0.1, 0.15) is 38.4 Å². The molecule has 2 aliphatic rings. The quantitative estimate of drug-likeness (QED) is 0.790. The summed E-state index contributed by atoms with van der Waals surface area (Å²) in [7, 11) is 0. The van der Waals surface area contributed by atoms with Crippen LogP contribution in [0.3, 0.4) is 0 Å². The van der Waals surface area contributed by atoms with Crippen molar-refractivity contribution in [3.63, 3.8) is 0 Å². The molecule has 0 aliphatic carbocycles. The van der Waals surface area contributed by atoms with Crippen molar-refractivity contribution >= 4 is 11.8 Å². The number of hydrogen-bond donors (Lipinski definition) is 1. The third kappa shape index (κ3) is 4.26. The van der Waals surface area contributed by atoms with E-state index in [1.807, 2.05) is 36.4 Å². The molecule has 2 atom stereocenters. The summed E-state index contributed by atoms with van der Waals surface area (Å²) in [5.41, 5.74) is 0.750. The molecule has 2 aromatic rings. The molecule has 4 rings (SSSR count). The van der Waals surface area contributed by atoms with Gasteiger partial charge in [-0.3, -0.25) is 9.59 Å². The van der Waals surface area contributed by atoms with Crippen LogP contribution in [0.25, 0.3) is 11.3 Å². The summed E-state index contributed by atoms with van der Waals surface area (Å²) in [6.45, 7) is 4.14. The van der Waals surface area contributed by atoms with Crippen LogP contribution in [0, 0.1) is 5.92 Å². The number of likely N-dealkylation sites (tertiary alicyclic amines) is 1. The fourth-order valence-corrected chi connectivity index (χ4v) is 4.64. The lowest BCUT2D eigenvalue weighted by atomic mass is 9.88. The number of benzene rings is 1. The number of carbonyl (C=O) groups is 2. The maximum atomic E-state index is 13.4. The highest BCUT2D eigenvalue weighted by atomic mass is 16.5. The summed E-state index contributed by atoms with van der Waals surface area (Å²) >= 11 is 0. The molecule has 1 aromatic carbocycles. The van der Waals surface area contributed by atoms with Gasteiger partial charge in [-0.15, -0.1) is 0 Å². The number of carbonyl (C=O) groups excluding carboxylic acids is 2. The van der Waals surface area contributed by atoms with E-state index in [-0.39, 0.29) is 11.8 Å². The highest BCUT2D eigenvalue weighted by Gasteiger charge is 2.49. The zero-order valence-electron chi connectivity index (χ0n) is 17.4. The maximum Gasteiger partial charge on any atom is 0.246 e. The molecular formula is C23H29N3O4. The summed E-state index contributed by atoms with van der Waals surface area (Å²) in [6, 6.07) is 11.6. The summed E-state index contributed by atoms with van der Waals surface area (Å²) < 4.78 is 11.1. The van der Waals surface area contributed by atoms with Crippen LogP contribution in [0.5, 0.6) is 0 Å². The molecule has 3 heterocycles. The van der Waals surface area contributed by atoms with E-state index in [2.05, 4.69) is 10.5 Å². The number of nitrogens with zero attached hydrogens (tertiary/aromatic N) is 2. The predicted molar refractivity (Wildman–Crippen MR) is 112 cm³/mol. The average Bonchev–Trinajstić information content (AvgIpc) is 3.41. The van der Waals surface area contributed by atoms with E-state index in [9.17, 15) is 9.59 Å². The van der Waals surface area contributed by atoms with Crippen LogP contribution >= 0.6 is 0 Å². The van der Waals surface area contributed by atoms with Gasteiger partial charge in [0.15, 0.2) is 0 Å². The van der Waals surface area contributed by atoms with Gasteiger partial charge in [0.2, 0.25) is 11.8 Å². The van der Waals surface area contributed by atoms with Crippen molar-refractivity contribution in [2.45, 2.75) is 44.6 Å². The third-order valence-corrected chi connectivity index (χ3v) is 6.19. The van der Waals surface area contributed by atoms with Crippen LogP contribution in [-0.4, -0.2) is 53.7 Å². The van der Waals surface area contributed by atoms with Crippen molar-refractivity contribution in [2.24, 2.45) is 5.92 Å². The highest BCUT2D eigenvalue weighted by Crippen LogP contribution is 2.34. The first-order valence-electron chi connectivity index (χ1n) is 10.7. The first kappa shape index (κ1) is 20.6. The van der Waals surface area contributed by atoms with Gasteiger partial charge in [-0.2, -0.15) is 0 Å². The van der Waals surface area contributed by atoms with Crippen LogP contribution in [0.4, 0.5) is 0 Å². The Kier molecular flexibility index (Phi) is 6.18. The van der Waals surface area contributed by atoms with E-state index >= 15 is 0 Å². The Morgan fingerprint density at radius 2 is 2.10 bits per heavy atom. The maximum absolute atomic E-state index is 13.4. The van der Waals surface area contributed by atoms with Gasteiger partial charge >= 0.3 is 0 Å². The fraction of sp³-hybridized carbons (Fsp3) is 0.522. The second kappa shape index (κ2) is 9.00. The predicted octanol–water partition coefficient (Wildman–Crippen LogP) is 2.81. The van der Waals surface area contributed by atoms with Crippen LogP contribution < -0.4 is 5.32 Å². The Morgan fingerprint density at radius 1 is 1.27 bits per heavy atom. The number of hydrogen-bond acceptors (Lipinski definition) is 5. The molecular weight excluding hydrogens is 382 g/mol. The second-order valence-corrected chi connectivity index (χ2v) is 8.32. The second-order valence-electron chi connectivity index (χ2n) is 8.32. The Morgan fingerprint density at radius 3 is 2.83 bits per heavy atom. The molecule has 7 heteroatoms. The number of rotatable bonds is 6. The summed E-state index contributed by atoms with van der Waals surface area (Å²) in [5.74, 6) is 0.727. The van der Waals surface area contributed by atoms with Gasteiger partial charge < -0.3 is 19.5 Å². The van der Waals surface area contributed by atoms with Crippen LogP contribution in [0.15, 0.2) is 40.9 Å². The highest BCUT2D eigenvalue weighted by molar-refractivity contribution is 5.91. The van der Waals surface area contributed by atoms with Crippen molar-refractivity contribution in [3.05, 3.63) is 42.2 Å². The molecule has 0 spiro atoms. The van der Waals surface area contributed by atoms with Gasteiger partial charge in [0.25, 0.3) is 0 Å². The van der Waals surface area contributed by atoms with Gasteiger partial charge in [0.05, 0.1) is 6.61 Å². The lowest BCUT2D eigenvalue weighted by molar-refractivity contribution is -0.144. The first-order valence-corrected chi connectivity index (χ1v) is 10.7. The molecule has 2 amide bonds. The van der Waals surface area contributed by atoms with Gasteiger partial charge in [-0.25, -0.2) is 0 Å². The van der Waals surface area contributed by atoms with Gasteiger partial charge in [-0.05, 0) is 31.6 Å².